The zero-order valence-corrected chi connectivity index (χ0v) is 10.5. The van der Waals surface area contributed by atoms with E-state index in [9.17, 15) is 4.39 Å². The molecule has 2 unspecified atom stereocenters. The van der Waals surface area contributed by atoms with Crippen molar-refractivity contribution < 1.29 is 4.39 Å². The molecule has 0 radical (unpaired) electrons. The molecule has 0 aliphatic heterocycles. The third-order valence-electron chi connectivity index (χ3n) is 2.41. The molecule has 0 bridgehead atoms. The molecule has 4 heteroatoms. The van der Waals surface area contributed by atoms with E-state index in [0.717, 1.165) is 10.0 Å². The molecular weight excluding hydrogens is 259 g/mol. The predicted molar refractivity (Wildman–Crippen MR) is 64.1 cm³/mol. The molecule has 15 heavy (non-hydrogen) atoms. The first kappa shape index (κ1) is 12.6. The molecule has 1 rings (SSSR count). The lowest BCUT2D eigenvalue weighted by Gasteiger charge is -2.17. The number of halogens is 2. The quantitative estimate of drug-likeness (QED) is 0.885. The van der Waals surface area contributed by atoms with Crippen LogP contribution in [0, 0.1) is 5.82 Å². The third kappa shape index (κ3) is 3.89. The minimum Gasteiger partial charge on any atom is -0.327 e. The van der Waals surface area contributed by atoms with Crippen LogP contribution in [0.5, 0.6) is 0 Å². The molecule has 3 N–H and O–H groups in total. The molecule has 0 saturated carbocycles. The molecule has 2 nitrogen and oxygen atoms in total. The summed E-state index contributed by atoms with van der Waals surface area (Å²) in [6, 6.07) is 4.95. The number of rotatable bonds is 4. The number of hydrogen-bond donors (Lipinski definition) is 2. The molecule has 84 valence electrons. The summed E-state index contributed by atoms with van der Waals surface area (Å²) < 4.78 is 13.9. The van der Waals surface area contributed by atoms with Crippen molar-refractivity contribution in [2.45, 2.75) is 32.5 Å². The van der Waals surface area contributed by atoms with Gasteiger partial charge in [0, 0.05) is 23.1 Å². The molecule has 0 aliphatic rings. The molecule has 2 atom stereocenters. The molecule has 0 spiro atoms. The van der Waals surface area contributed by atoms with Crippen LogP contribution >= 0.6 is 15.9 Å². The van der Waals surface area contributed by atoms with Crippen LogP contribution in [0.2, 0.25) is 0 Å². The standard InChI is InChI=1S/C11H16BrFN2/c1-7(14)8(2)15-6-9-5-10(13)3-4-11(9)12/h3-5,7-8,15H,6,14H2,1-2H3. The molecule has 0 aliphatic carbocycles. The first-order valence-corrected chi connectivity index (χ1v) is 5.73. The van der Waals surface area contributed by atoms with Crippen LogP contribution in [-0.4, -0.2) is 12.1 Å². The van der Waals surface area contributed by atoms with Crippen LogP contribution in [0.15, 0.2) is 22.7 Å². The van der Waals surface area contributed by atoms with Crippen molar-refractivity contribution >= 4 is 15.9 Å². The van der Waals surface area contributed by atoms with Crippen molar-refractivity contribution in [1.82, 2.24) is 5.32 Å². The van der Waals surface area contributed by atoms with Gasteiger partial charge in [0.25, 0.3) is 0 Å². The summed E-state index contributed by atoms with van der Waals surface area (Å²) in [4.78, 5) is 0. The summed E-state index contributed by atoms with van der Waals surface area (Å²) in [5.74, 6) is -0.219. The Bertz CT molecular complexity index is 328. The Kier molecular flexibility index (Phi) is 4.70. The maximum absolute atomic E-state index is 13.0. The first-order chi connectivity index (χ1) is 7.00. The topological polar surface area (TPSA) is 38.0 Å². The Labute approximate surface area is 98.2 Å². The minimum absolute atomic E-state index is 0.0809. The monoisotopic (exact) mass is 274 g/mol. The summed E-state index contributed by atoms with van der Waals surface area (Å²) in [6.07, 6.45) is 0. The van der Waals surface area contributed by atoms with Gasteiger partial charge in [0.05, 0.1) is 0 Å². The van der Waals surface area contributed by atoms with E-state index in [0.29, 0.717) is 6.54 Å². The molecule has 1 aromatic rings. The van der Waals surface area contributed by atoms with E-state index >= 15 is 0 Å². The Hall–Kier alpha value is -0.450. The molecule has 0 saturated heterocycles. The predicted octanol–water partition coefficient (Wildman–Crippen LogP) is 2.41. The van der Waals surface area contributed by atoms with Crippen molar-refractivity contribution in [3.05, 3.63) is 34.1 Å². The maximum Gasteiger partial charge on any atom is 0.123 e. The van der Waals surface area contributed by atoms with Gasteiger partial charge in [-0.25, -0.2) is 4.39 Å². The van der Waals surface area contributed by atoms with Crippen molar-refractivity contribution in [2.75, 3.05) is 0 Å². The van der Waals surface area contributed by atoms with E-state index in [2.05, 4.69) is 21.2 Å². The lowest BCUT2D eigenvalue weighted by atomic mass is 10.1. The van der Waals surface area contributed by atoms with Crippen molar-refractivity contribution in [3.8, 4) is 0 Å². The van der Waals surface area contributed by atoms with Gasteiger partial charge < -0.3 is 11.1 Å². The van der Waals surface area contributed by atoms with E-state index in [-0.39, 0.29) is 17.9 Å². The summed E-state index contributed by atoms with van der Waals surface area (Å²) in [7, 11) is 0. The van der Waals surface area contributed by atoms with Crippen LogP contribution in [0.1, 0.15) is 19.4 Å². The first-order valence-electron chi connectivity index (χ1n) is 4.93. The third-order valence-corrected chi connectivity index (χ3v) is 3.18. The van der Waals surface area contributed by atoms with Gasteiger partial charge in [0.2, 0.25) is 0 Å². The maximum atomic E-state index is 13.0. The van der Waals surface area contributed by atoms with E-state index in [1.165, 1.54) is 12.1 Å². The van der Waals surface area contributed by atoms with Gasteiger partial charge in [0.1, 0.15) is 5.82 Å². The highest BCUT2D eigenvalue weighted by Gasteiger charge is 2.08. The number of benzene rings is 1. The lowest BCUT2D eigenvalue weighted by Crippen LogP contribution is -2.40. The van der Waals surface area contributed by atoms with Gasteiger partial charge in [-0.3, -0.25) is 0 Å². The van der Waals surface area contributed by atoms with Crippen LogP contribution in [-0.2, 0) is 6.54 Å². The molecule has 0 aromatic heterocycles. The van der Waals surface area contributed by atoms with Crippen molar-refractivity contribution in [3.63, 3.8) is 0 Å². The minimum atomic E-state index is -0.219. The van der Waals surface area contributed by atoms with Gasteiger partial charge in [0.15, 0.2) is 0 Å². The van der Waals surface area contributed by atoms with Gasteiger partial charge in [-0.15, -0.1) is 0 Å². The fraction of sp³-hybridized carbons (Fsp3) is 0.455. The van der Waals surface area contributed by atoms with Gasteiger partial charge in [-0.2, -0.15) is 0 Å². The second kappa shape index (κ2) is 5.58. The van der Waals surface area contributed by atoms with Crippen LogP contribution in [0.25, 0.3) is 0 Å². The largest absolute Gasteiger partial charge is 0.327 e. The molecule has 0 heterocycles. The van der Waals surface area contributed by atoms with E-state index < -0.39 is 0 Å². The van der Waals surface area contributed by atoms with E-state index in [4.69, 9.17) is 5.73 Å². The Morgan fingerprint density at radius 1 is 1.47 bits per heavy atom. The van der Waals surface area contributed by atoms with Crippen LogP contribution in [0.4, 0.5) is 4.39 Å². The Morgan fingerprint density at radius 3 is 2.73 bits per heavy atom. The van der Waals surface area contributed by atoms with Crippen LogP contribution < -0.4 is 11.1 Å². The van der Waals surface area contributed by atoms with Gasteiger partial charge >= 0.3 is 0 Å². The average molecular weight is 275 g/mol. The van der Waals surface area contributed by atoms with Crippen LogP contribution in [0.3, 0.4) is 0 Å². The van der Waals surface area contributed by atoms with Gasteiger partial charge in [-0.1, -0.05) is 15.9 Å². The summed E-state index contributed by atoms with van der Waals surface area (Å²) in [5.41, 5.74) is 6.62. The average Bonchev–Trinajstić information content (AvgIpc) is 2.18. The van der Waals surface area contributed by atoms with E-state index in [1.54, 1.807) is 6.07 Å². The summed E-state index contributed by atoms with van der Waals surface area (Å²) in [6.45, 7) is 4.57. The van der Waals surface area contributed by atoms with Crippen molar-refractivity contribution in [1.29, 1.82) is 0 Å². The zero-order valence-electron chi connectivity index (χ0n) is 8.93. The Balaban J connectivity index is 2.61. The molecular formula is C11H16BrFN2. The van der Waals surface area contributed by atoms with Crippen molar-refractivity contribution in [2.24, 2.45) is 5.73 Å². The fourth-order valence-corrected chi connectivity index (χ4v) is 1.52. The van der Waals surface area contributed by atoms with Gasteiger partial charge in [-0.05, 0) is 37.6 Å². The second-order valence-corrected chi connectivity index (χ2v) is 4.62. The van der Waals surface area contributed by atoms with E-state index in [1.807, 2.05) is 13.8 Å². The fourth-order valence-electron chi connectivity index (χ4n) is 1.14. The zero-order chi connectivity index (χ0) is 11.4. The molecule has 1 aromatic carbocycles. The smallest absolute Gasteiger partial charge is 0.123 e. The molecule has 0 amide bonds. The summed E-state index contributed by atoms with van der Waals surface area (Å²) in [5, 5.41) is 3.24. The summed E-state index contributed by atoms with van der Waals surface area (Å²) >= 11 is 3.38. The normalized spacial score (nSPS) is 15.0. The molecule has 0 fully saturated rings. The Morgan fingerprint density at radius 2 is 2.13 bits per heavy atom. The number of hydrogen-bond acceptors (Lipinski definition) is 2. The second-order valence-electron chi connectivity index (χ2n) is 3.76. The SMILES string of the molecule is CC(N)C(C)NCc1cc(F)ccc1Br. The highest BCUT2D eigenvalue weighted by molar-refractivity contribution is 9.10. The highest BCUT2D eigenvalue weighted by Crippen LogP contribution is 2.17. The highest BCUT2D eigenvalue weighted by atomic mass is 79.9. The number of nitrogens with two attached hydrogens (primary N) is 1. The lowest BCUT2D eigenvalue weighted by molar-refractivity contribution is 0.476. The number of nitrogens with one attached hydrogen (secondary N) is 1.